The van der Waals surface area contributed by atoms with Crippen molar-refractivity contribution in [1.29, 1.82) is 0 Å². The Morgan fingerprint density at radius 3 is 2.24 bits per heavy atom. The van der Waals surface area contributed by atoms with E-state index in [2.05, 4.69) is 20.0 Å². The Balaban J connectivity index is 2.79. The average molecular weight is 251 g/mol. The quantitative estimate of drug-likeness (QED) is 0.895. The van der Waals surface area contributed by atoms with E-state index in [1.807, 2.05) is 20.8 Å². The topological polar surface area (TPSA) is 51.0 Å². The van der Waals surface area contributed by atoms with Crippen LogP contribution in [-0.4, -0.2) is 23.2 Å². The van der Waals surface area contributed by atoms with Gasteiger partial charge in [0.05, 0.1) is 0 Å². The zero-order chi connectivity index (χ0) is 13.3. The van der Waals surface area contributed by atoms with E-state index in [0.717, 1.165) is 0 Å². The summed E-state index contributed by atoms with van der Waals surface area (Å²) in [6.45, 7) is 5.94. The number of hydrogen-bond acceptors (Lipinski definition) is 4. The maximum atomic E-state index is 12.3. The molecule has 1 heterocycles. The minimum absolute atomic E-state index is 0.00778. The molecular weight excluding hydrogens is 235 g/mol. The van der Waals surface area contributed by atoms with Gasteiger partial charge in [0.2, 0.25) is 5.89 Å². The third-order valence-corrected chi connectivity index (χ3v) is 2.49. The molecule has 1 rings (SSSR count). The maximum Gasteiger partial charge on any atom is 0.455 e. The zero-order valence-corrected chi connectivity index (χ0v) is 10.2. The largest absolute Gasteiger partial charge is 0.455 e. The van der Waals surface area contributed by atoms with Crippen molar-refractivity contribution in [1.82, 2.24) is 15.5 Å². The van der Waals surface area contributed by atoms with Crippen LogP contribution < -0.4 is 5.32 Å². The summed E-state index contributed by atoms with van der Waals surface area (Å²) >= 11 is 0. The van der Waals surface area contributed by atoms with Gasteiger partial charge in [-0.2, -0.15) is 18.2 Å². The summed E-state index contributed by atoms with van der Waals surface area (Å²) in [7, 11) is 1.75. The minimum Gasteiger partial charge on any atom is -0.339 e. The fraction of sp³-hybridized carbons (Fsp3) is 0.800. The molecule has 0 spiro atoms. The molecule has 1 N–H and O–H groups in total. The molecule has 1 aromatic rings. The lowest BCUT2D eigenvalue weighted by Crippen LogP contribution is -2.39. The first-order chi connectivity index (χ1) is 7.64. The molecule has 1 atom stereocenters. The van der Waals surface area contributed by atoms with E-state index in [1.54, 1.807) is 7.05 Å². The lowest BCUT2D eigenvalue weighted by molar-refractivity contribution is -0.146. The molecule has 0 aliphatic heterocycles. The van der Waals surface area contributed by atoms with Gasteiger partial charge in [0.15, 0.2) is 0 Å². The highest BCUT2D eigenvalue weighted by Crippen LogP contribution is 2.27. The van der Waals surface area contributed by atoms with Crippen LogP contribution >= 0.6 is 0 Å². The normalized spacial score (nSPS) is 15.0. The van der Waals surface area contributed by atoms with Crippen LogP contribution in [0.25, 0.3) is 0 Å². The summed E-state index contributed by atoms with van der Waals surface area (Å²) in [5.41, 5.74) is -0.110. The predicted octanol–water partition coefficient (Wildman–Crippen LogP) is 2.26. The van der Waals surface area contributed by atoms with E-state index in [1.165, 1.54) is 0 Å². The van der Waals surface area contributed by atoms with Gasteiger partial charge in [-0.15, -0.1) is 0 Å². The molecule has 0 fully saturated rings. The molecule has 0 radical (unpaired) electrons. The van der Waals surface area contributed by atoms with Gasteiger partial charge >= 0.3 is 6.18 Å². The van der Waals surface area contributed by atoms with Gasteiger partial charge in [0, 0.05) is 12.5 Å². The lowest BCUT2D eigenvalue weighted by atomic mass is 9.85. The summed E-state index contributed by atoms with van der Waals surface area (Å²) in [6.07, 6.45) is -4.29. The highest BCUT2D eigenvalue weighted by atomic mass is 19.4. The van der Waals surface area contributed by atoms with Crippen LogP contribution in [0.15, 0.2) is 4.52 Å². The molecule has 0 aromatic carbocycles. The van der Waals surface area contributed by atoms with Gasteiger partial charge in [0.25, 0.3) is 5.82 Å². The average Bonchev–Trinajstić information content (AvgIpc) is 2.59. The van der Waals surface area contributed by atoms with Gasteiger partial charge < -0.3 is 9.84 Å². The molecule has 0 amide bonds. The molecule has 0 bridgehead atoms. The predicted molar refractivity (Wildman–Crippen MR) is 55.3 cm³/mol. The van der Waals surface area contributed by atoms with Crippen LogP contribution in [0.5, 0.6) is 0 Å². The summed E-state index contributed by atoms with van der Waals surface area (Å²) < 4.78 is 41.4. The second-order valence-electron chi connectivity index (χ2n) is 4.92. The number of nitrogens with zero attached hydrogens (tertiary/aromatic N) is 2. The lowest BCUT2D eigenvalue weighted by Gasteiger charge is -2.29. The number of rotatable bonds is 3. The number of likely N-dealkylation sites (N-methyl/N-ethyl adjacent to an activating group) is 1. The van der Waals surface area contributed by atoms with Crippen molar-refractivity contribution in [3.63, 3.8) is 0 Å². The molecule has 1 unspecified atom stereocenters. The molecule has 0 saturated carbocycles. The Labute approximate surface area is 97.6 Å². The van der Waals surface area contributed by atoms with E-state index in [0.29, 0.717) is 0 Å². The number of alkyl halides is 3. The van der Waals surface area contributed by atoms with Crippen LogP contribution in [0, 0.1) is 5.41 Å². The standard InChI is InChI=1S/C10H16F3N3O/c1-9(2,3)6(14-4)5-7-15-8(16-17-7)10(11,12)13/h6,14H,5H2,1-4H3. The number of halogens is 3. The van der Waals surface area contributed by atoms with Crippen molar-refractivity contribution in [3.8, 4) is 0 Å². The van der Waals surface area contributed by atoms with Crippen LogP contribution in [0.4, 0.5) is 13.2 Å². The van der Waals surface area contributed by atoms with E-state index in [4.69, 9.17) is 0 Å². The summed E-state index contributed by atoms with van der Waals surface area (Å²) in [5, 5.41) is 5.95. The van der Waals surface area contributed by atoms with Crippen molar-refractivity contribution >= 4 is 0 Å². The first-order valence-corrected chi connectivity index (χ1v) is 5.21. The zero-order valence-electron chi connectivity index (χ0n) is 10.2. The van der Waals surface area contributed by atoms with Crippen LogP contribution in [0.1, 0.15) is 32.5 Å². The number of aromatic nitrogens is 2. The molecule has 0 saturated heterocycles. The van der Waals surface area contributed by atoms with E-state index < -0.39 is 12.0 Å². The van der Waals surface area contributed by atoms with Crippen LogP contribution in [-0.2, 0) is 12.6 Å². The van der Waals surface area contributed by atoms with Crippen molar-refractivity contribution < 1.29 is 17.7 Å². The Morgan fingerprint density at radius 2 is 1.88 bits per heavy atom. The van der Waals surface area contributed by atoms with E-state index in [9.17, 15) is 13.2 Å². The first-order valence-electron chi connectivity index (χ1n) is 5.21. The monoisotopic (exact) mass is 251 g/mol. The molecule has 0 aliphatic rings. The van der Waals surface area contributed by atoms with Gasteiger partial charge in [-0.05, 0) is 12.5 Å². The maximum absolute atomic E-state index is 12.3. The Morgan fingerprint density at radius 1 is 1.29 bits per heavy atom. The highest BCUT2D eigenvalue weighted by Gasteiger charge is 2.37. The summed E-state index contributed by atoms with van der Waals surface area (Å²) in [5.74, 6) is -1.23. The third kappa shape index (κ3) is 3.69. The SMILES string of the molecule is CNC(Cc1nc(C(F)(F)F)no1)C(C)(C)C. The molecule has 0 aliphatic carbocycles. The van der Waals surface area contributed by atoms with Crippen molar-refractivity contribution in [2.75, 3.05) is 7.05 Å². The third-order valence-electron chi connectivity index (χ3n) is 2.49. The first kappa shape index (κ1) is 14.0. The number of nitrogens with one attached hydrogen (secondary N) is 1. The van der Waals surface area contributed by atoms with Crippen molar-refractivity contribution in [2.45, 2.75) is 39.4 Å². The molecule has 98 valence electrons. The molecule has 1 aromatic heterocycles. The molecular formula is C10H16F3N3O. The van der Waals surface area contributed by atoms with E-state index >= 15 is 0 Å². The van der Waals surface area contributed by atoms with Gasteiger partial charge in [-0.3, -0.25) is 0 Å². The van der Waals surface area contributed by atoms with Crippen molar-refractivity contribution in [3.05, 3.63) is 11.7 Å². The summed E-state index contributed by atoms with van der Waals surface area (Å²) in [6, 6.07) is -0.0379. The fourth-order valence-electron chi connectivity index (χ4n) is 1.47. The van der Waals surface area contributed by atoms with Gasteiger partial charge in [-0.1, -0.05) is 25.9 Å². The van der Waals surface area contributed by atoms with Crippen LogP contribution in [0.3, 0.4) is 0 Å². The smallest absolute Gasteiger partial charge is 0.339 e. The minimum atomic E-state index is -4.56. The fourth-order valence-corrected chi connectivity index (χ4v) is 1.47. The second kappa shape index (κ2) is 4.64. The Bertz CT molecular complexity index is 368. The summed E-state index contributed by atoms with van der Waals surface area (Å²) in [4.78, 5) is 3.34. The van der Waals surface area contributed by atoms with Crippen LogP contribution in [0.2, 0.25) is 0 Å². The Hall–Kier alpha value is -1.11. The molecule has 4 nitrogen and oxygen atoms in total. The van der Waals surface area contributed by atoms with Gasteiger partial charge in [0.1, 0.15) is 0 Å². The molecule has 17 heavy (non-hydrogen) atoms. The van der Waals surface area contributed by atoms with Gasteiger partial charge in [-0.25, -0.2) is 0 Å². The Kier molecular flexibility index (Phi) is 3.81. The molecule has 7 heteroatoms. The van der Waals surface area contributed by atoms with E-state index in [-0.39, 0.29) is 23.8 Å². The second-order valence-corrected chi connectivity index (χ2v) is 4.92. The van der Waals surface area contributed by atoms with Crippen molar-refractivity contribution in [2.24, 2.45) is 5.41 Å². The highest BCUT2D eigenvalue weighted by molar-refractivity contribution is 4.95. The number of hydrogen-bond donors (Lipinski definition) is 1.